The van der Waals surface area contributed by atoms with Gasteiger partial charge < -0.3 is 10.5 Å². The molecular weight excluding hydrogens is 253 g/mol. The van der Waals surface area contributed by atoms with Crippen molar-refractivity contribution in [1.82, 2.24) is 0 Å². The van der Waals surface area contributed by atoms with Crippen molar-refractivity contribution in [2.45, 2.75) is 13.5 Å². The zero-order valence-electron chi connectivity index (χ0n) is 9.77. The van der Waals surface area contributed by atoms with Crippen LogP contribution in [0.5, 0.6) is 0 Å². The Labute approximate surface area is 108 Å². The second kappa shape index (κ2) is 5.18. The molecule has 1 aromatic heterocycles. The van der Waals surface area contributed by atoms with Gasteiger partial charge in [-0.2, -0.15) is 0 Å². The number of anilines is 1. The summed E-state index contributed by atoms with van der Waals surface area (Å²) in [5, 5.41) is 1.88. The normalized spacial score (nSPS) is 10.3. The van der Waals surface area contributed by atoms with Gasteiger partial charge in [-0.3, -0.25) is 0 Å². The fourth-order valence-electron chi connectivity index (χ4n) is 1.56. The van der Waals surface area contributed by atoms with Gasteiger partial charge in [-0.05, 0) is 36.1 Å². The molecule has 2 N–H and O–H groups in total. The second-order valence-electron chi connectivity index (χ2n) is 3.85. The summed E-state index contributed by atoms with van der Waals surface area (Å²) in [6.45, 7) is 1.70. The molecule has 0 atom stereocenters. The van der Waals surface area contributed by atoms with Crippen LogP contribution in [0, 0.1) is 12.7 Å². The van der Waals surface area contributed by atoms with E-state index in [1.807, 2.05) is 17.5 Å². The van der Waals surface area contributed by atoms with Gasteiger partial charge in [0.15, 0.2) is 0 Å². The van der Waals surface area contributed by atoms with Crippen molar-refractivity contribution in [3.05, 3.63) is 51.5 Å². The molecule has 1 heterocycles. The molecule has 1 aromatic carbocycles. The molecular formula is C13H12FNO2S. The number of rotatable bonds is 3. The van der Waals surface area contributed by atoms with Gasteiger partial charge in [-0.1, -0.05) is 6.07 Å². The Morgan fingerprint density at radius 2 is 2.28 bits per heavy atom. The number of thiophene rings is 1. The molecule has 3 nitrogen and oxygen atoms in total. The third-order valence-corrected chi connectivity index (χ3v) is 3.27. The maximum atomic E-state index is 13.7. The van der Waals surface area contributed by atoms with Crippen molar-refractivity contribution in [2.75, 3.05) is 5.73 Å². The first-order chi connectivity index (χ1) is 8.58. The number of hydrogen-bond acceptors (Lipinski definition) is 4. The fraction of sp³-hybridized carbons (Fsp3) is 0.154. The molecule has 0 aliphatic heterocycles. The van der Waals surface area contributed by atoms with Crippen molar-refractivity contribution in [2.24, 2.45) is 0 Å². The predicted molar refractivity (Wildman–Crippen MR) is 69.0 cm³/mol. The molecule has 5 heteroatoms. The molecule has 0 bridgehead atoms. The van der Waals surface area contributed by atoms with Gasteiger partial charge in [-0.15, -0.1) is 11.3 Å². The molecule has 0 aliphatic rings. The van der Waals surface area contributed by atoms with Crippen molar-refractivity contribution < 1.29 is 13.9 Å². The van der Waals surface area contributed by atoms with Crippen LogP contribution in [0.25, 0.3) is 0 Å². The first-order valence-corrected chi connectivity index (χ1v) is 6.21. The predicted octanol–water partition coefficient (Wildman–Crippen LogP) is 3.13. The number of hydrogen-bond donors (Lipinski definition) is 1. The van der Waals surface area contributed by atoms with Crippen LogP contribution in [0.15, 0.2) is 29.6 Å². The molecule has 0 unspecified atom stereocenters. The van der Waals surface area contributed by atoms with Crippen LogP contribution in [0.1, 0.15) is 20.8 Å². The SMILES string of the molecule is Cc1cc(N)cc(C(=O)OCc2cccs2)c1F. The van der Waals surface area contributed by atoms with Gasteiger partial charge >= 0.3 is 5.97 Å². The number of ether oxygens (including phenoxy) is 1. The Morgan fingerprint density at radius 1 is 1.50 bits per heavy atom. The van der Waals surface area contributed by atoms with Gasteiger partial charge in [0.2, 0.25) is 0 Å². The highest BCUT2D eigenvalue weighted by molar-refractivity contribution is 7.09. The molecule has 0 fully saturated rings. The van der Waals surface area contributed by atoms with E-state index in [-0.39, 0.29) is 12.2 Å². The van der Waals surface area contributed by atoms with E-state index in [9.17, 15) is 9.18 Å². The molecule has 18 heavy (non-hydrogen) atoms. The summed E-state index contributed by atoms with van der Waals surface area (Å²) < 4.78 is 18.8. The topological polar surface area (TPSA) is 52.3 Å². The Kier molecular flexibility index (Phi) is 3.62. The van der Waals surface area contributed by atoms with Crippen molar-refractivity contribution in [3.63, 3.8) is 0 Å². The summed E-state index contributed by atoms with van der Waals surface area (Å²) in [5.41, 5.74) is 6.14. The van der Waals surface area contributed by atoms with E-state index in [4.69, 9.17) is 10.5 Å². The standard InChI is InChI=1S/C13H12FNO2S/c1-8-5-9(15)6-11(12(8)14)13(16)17-7-10-3-2-4-18-10/h2-6H,7,15H2,1H3. The van der Waals surface area contributed by atoms with E-state index in [1.165, 1.54) is 23.5 Å². The van der Waals surface area contributed by atoms with Gasteiger partial charge in [0, 0.05) is 10.6 Å². The van der Waals surface area contributed by atoms with E-state index >= 15 is 0 Å². The number of carbonyl (C=O) groups excluding carboxylic acids is 1. The Hall–Kier alpha value is -1.88. The number of aryl methyl sites for hydroxylation is 1. The van der Waals surface area contributed by atoms with E-state index < -0.39 is 11.8 Å². The van der Waals surface area contributed by atoms with E-state index in [0.29, 0.717) is 11.3 Å². The van der Waals surface area contributed by atoms with Crippen molar-refractivity contribution in [1.29, 1.82) is 0 Å². The molecule has 0 amide bonds. The lowest BCUT2D eigenvalue weighted by molar-refractivity contribution is 0.0471. The van der Waals surface area contributed by atoms with Crippen LogP contribution in [-0.2, 0) is 11.3 Å². The second-order valence-corrected chi connectivity index (χ2v) is 4.89. The smallest absolute Gasteiger partial charge is 0.341 e. The number of benzene rings is 1. The van der Waals surface area contributed by atoms with Crippen LogP contribution in [-0.4, -0.2) is 5.97 Å². The summed E-state index contributed by atoms with van der Waals surface area (Å²) in [6.07, 6.45) is 0. The van der Waals surface area contributed by atoms with Crippen LogP contribution in [0.2, 0.25) is 0 Å². The summed E-state index contributed by atoms with van der Waals surface area (Å²) in [5.74, 6) is -1.28. The zero-order chi connectivity index (χ0) is 13.1. The maximum absolute atomic E-state index is 13.7. The number of carbonyl (C=O) groups is 1. The first kappa shape index (κ1) is 12.6. The quantitative estimate of drug-likeness (QED) is 0.685. The molecule has 2 rings (SSSR count). The number of halogens is 1. The van der Waals surface area contributed by atoms with E-state index in [2.05, 4.69) is 0 Å². The Bertz CT molecular complexity index is 567. The number of nitrogen functional groups attached to an aromatic ring is 1. The summed E-state index contributed by atoms with van der Waals surface area (Å²) >= 11 is 1.47. The average molecular weight is 265 g/mol. The monoisotopic (exact) mass is 265 g/mol. The van der Waals surface area contributed by atoms with Crippen molar-refractivity contribution in [3.8, 4) is 0 Å². The van der Waals surface area contributed by atoms with Gasteiger partial charge in [0.1, 0.15) is 12.4 Å². The largest absolute Gasteiger partial charge is 0.456 e. The minimum atomic E-state index is -0.698. The van der Waals surface area contributed by atoms with Gasteiger partial charge in [0.05, 0.1) is 5.56 Å². The molecule has 0 aliphatic carbocycles. The van der Waals surface area contributed by atoms with Crippen LogP contribution in [0.4, 0.5) is 10.1 Å². The minimum absolute atomic E-state index is 0.121. The van der Waals surface area contributed by atoms with Crippen LogP contribution < -0.4 is 5.73 Å². The molecule has 0 saturated heterocycles. The molecule has 0 radical (unpaired) electrons. The van der Waals surface area contributed by atoms with Crippen LogP contribution in [0.3, 0.4) is 0 Å². The lowest BCUT2D eigenvalue weighted by atomic mass is 10.1. The Morgan fingerprint density at radius 3 is 2.94 bits per heavy atom. The summed E-state index contributed by atoms with van der Waals surface area (Å²) in [7, 11) is 0. The van der Waals surface area contributed by atoms with Gasteiger partial charge in [0.25, 0.3) is 0 Å². The minimum Gasteiger partial charge on any atom is -0.456 e. The van der Waals surface area contributed by atoms with Crippen LogP contribution >= 0.6 is 11.3 Å². The highest BCUT2D eigenvalue weighted by Gasteiger charge is 2.16. The lowest BCUT2D eigenvalue weighted by Crippen LogP contribution is -2.09. The van der Waals surface area contributed by atoms with E-state index in [1.54, 1.807) is 6.92 Å². The molecule has 0 spiro atoms. The third kappa shape index (κ3) is 2.68. The molecule has 0 saturated carbocycles. The summed E-state index contributed by atoms with van der Waals surface area (Å²) in [6, 6.07) is 6.47. The highest BCUT2D eigenvalue weighted by Crippen LogP contribution is 2.19. The number of nitrogens with two attached hydrogens (primary N) is 1. The van der Waals surface area contributed by atoms with Crippen molar-refractivity contribution >= 4 is 23.0 Å². The molecule has 94 valence electrons. The first-order valence-electron chi connectivity index (χ1n) is 5.33. The van der Waals surface area contributed by atoms with Gasteiger partial charge in [-0.25, -0.2) is 9.18 Å². The summed E-state index contributed by atoms with van der Waals surface area (Å²) in [4.78, 5) is 12.7. The van der Waals surface area contributed by atoms with E-state index in [0.717, 1.165) is 4.88 Å². The Balaban J connectivity index is 2.14. The average Bonchev–Trinajstić information content (AvgIpc) is 2.83. The highest BCUT2D eigenvalue weighted by atomic mass is 32.1. The lowest BCUT2D eigenvalue weighted by Gasteiger charge is -2.07. The third-order valence-electron chi connectivity index (χ3n) is 2.42. The zero-order valence-corrected chi connectivity index (χ0v) is 10.6. The maximum Gasteiger partial charge on any atom is 0.341 e. The number of esters is 1. The fourth-order valence-corrected chi connectivity index (χ4v) is 2.17. The molecule has 2 aromatic rings.